The van der Waals surface area contributed by atoms with E-state index >= 15 is 0 Å². The summed E-state index contributed by atoms with van der Waals surface area (Å²) in [6, 6.07) is 5.41. The van der Waals surface area contributed by atoms with Gasteiger partial charge in [0, 0.05) is 23.7 Å². The summed E-state index contributed by atoms with van der Waals surface area (Å²) in [5.74, 6) is 1.08. The van der Waals surface area contributed by atoms with Gasteiger partial charge in [0.15, 0.2) is 0 Å². The number of phenolic OH excluding ortho intramolecular Hbond substituents is 2. The van der Waals surface area contributed by atoms with Crippen LogP contribution in [0.1, 0.15) is 58.6 Å². The minimum atomic E-state index is 0.0750. The van der Waals surface area contributed by atoms with Crippen LogP contribution in [0.25, 0.3) is 0 Å². The van der Waals surface area contributed by atoms with Crippen molar-refractivity contribution in [2.45, 2.75) is 59.0 Å². The Morgan fingerprint density at radius 3 is 2.52 bits per heavy atom. The Hall–Kier alpha value is -1.22. The molecule has 3 N–H and O–H groups in total. The monoisotopic (exact) mass is 289 g/mol. The van der Waals surface area contributed by atoms with Crippen molar-refractivity contribution in [2.24, 2.45) is 16.7 Å². The summed E-state index contributed by atoms with van der Waals surface area (Å²) >= 11 is 0. The molecule has 3 rings (SSSR count). The zero-order valence-corrected chi connectivity index (χ0v) is 13.5. The van der Waals surface area contributed by atoms with Gasteiger partial charge in [-0.2, -0.15) is 0 Å². The van der Waals surface area contributed by atoms with Gasteiger partial charge in [-0.3, -0.25) is 0 Å². The number of hydrogen-bond acceptors (Lipinski definition) is 3. The highest BCUT2D eigenvalue weighted by Gasteiger charge is 2.59. The second-order valence-electron chi connectivity index (χ2n) is 7.98. The standard InChI is InChI=1S/C18H27NO2/c1-11(14-6-5-13(20)9-15(14)21)19-16-17(2,3)12-7-8-18(16,4)10-12/h5-6,9,11-12,16,19-21H,7-8,10H2,1-4H3. The highest BCUT2D eigenvalue weighted by molar-refractivity contribution is 5.40. The molecule has 0 aliphatic heterocycles. The Kier molecular flexibility index (Phi) is 3.25. The van der Waals surface area contributed by atoms with Crippen LogP contribution in [-0.2, 0) is 0 Å². The predicted molar refractivity (Wildman–Crippen MR) is 84.3 cm³/mol. The first-order chi connectivity index (χ1) is 9.74. The smallest absolute Gasteiger partial charge is 0.124 e. The molecule has 0 spiro atoms. The van der Waals surface area contributed by atoms with Crippen molar-refractivity contribution in [3.63, 3.8) is 0 Å². The van der Waals surface area contributed by atoms with Gasteiger partial charge in [-0.25, -0.2) is 0 Å². The van der Waals surface area contributed by atoms with Gasteiger partial charge in [-0.1, -0.05) is 26.8 Å². The molecule has 1 aromatic rings. The molecule has 2 saturated carbocycles. The third-order valence-electron chi connectivity index (χ3n) is 6.17. The molecule has 0 heterocycles. The molecule has 2 fully saturated rings. The lowest BCUT2D eigenvalue weighted by atomic mass is 9.68. The number of rotatable bonds is 3. The molecular formula is C18H27NO2. The number of aromatic hydroxyl groups is 2. The summed E-state index contributed by atoms with van der Waals surface area (Å²) in [6.07, 6.45) is 3.96. The predicted octanol–water partition coefficient (Wildman–Crippen LogP) is 3.96. The summed E-state index contributed by atoms with van der Waals surface area (Å²) < 4.78 is 0. The maximum atomic E-state index is 10.1. The van der Waals surface area contributed by atoms with E-state index < -0.39 is 0 Å². The fourth-order valence-corrected chi connectivity index (χ4v) is 4.96. The van der Waals surface area contributed by atoms with Crippen molar-refractivity contribution in [3.05, 3.63) is 23.8 Å². The minimum absolute atomic E-state index is 0.0750. The molecule has 0 aromatic heterocycles. The minimum Gasteiger partial charge on any atom is -0.508 e. The lowest BCUT2D eigenvalue weighted by molar-refractivity contribution is 0.0999. The number of hydrogen-bond donors (Lipinski definition) is 3. The number of phenols is 2. The largest absolute Gasteiger partial charge is 0.508 e. The van der Waals surface area contributed by atoms with Crippen LogP contribution in [0.3, 0.4) is 0 Å². The molecule has 4 atom stereocenters. The lowest BCUT2D eigenvalue weighted by Crippen LogP contribution is -2.50. The van der Waals surface area contributed by atoms with Crippen molar-refractivity contribution in [3.8, 4) is 11.5 Å². The number of benzene rings is 1. The van der Waals surface area contributed by atoms with Gasteiger partial charge in [-0.05, 0) is 49.0 Å². The fraction of sp³-hybridized carbons (Fsp3) is 0.667. The molecule has 3 nitrogen and oxygen atoms in total. The first kappa shape index (κ1) is 14.7. The van der Waals surface area contributed by atoms with Gasteiger partial charge in [0.1, 0.15) is 11.5 Å². The summed E-state index contributed by atoms with van der Waals surface area (Å²) in [7, 11) is 0. The van der Waals surface area contributed by atoms with Crippen LogP contribution < -0.4 is 5.32 Å². The van der Waals surface area contributed by atoms with Gasteiger partial charge in [0.25, 0.3) is 0 Å². The zero-order chi connectivity index (χ0) is 15.4. The van der Waals surface area contributed by atoms with Gasteiger partial charge < -0.3 is 15.5 Å². The summed E-state index contributed by atoms with van der Waals surface area (Å²) in [4.78, 5) is 0. The van der Waals surface area contributed by atoms with E-state index in [1.807, 2.05) is 6.07 Å². The van der Waals surface area contributed by atoms with E-state index in [1.165, 1.54) is 25.3 Å². The van der Waals surface area contributed by atoms with Crippen LogP contribution in [0.15, 0.2) is 18.2 Å². The van der Waals surface area contributed by atoms with Crippen molar-refractivity contribution >= 4 is 0 Å². The summed E-state index contributed by atoms with van der Waals surface area (Å²) in [5, 5.41) is 23.3. The molecule has 3 heteroatoms. The normalized spacial score (nSPS) is 35.0. The van der Waals surface area contributed by atoms with E-state index in [1.54, 1.807) is 6.07 Å². The molecule has 116 valence electrons. The molecule has 2 aliphatic rings. The quantitative estimate of drug-likeness (QED) is 0.789. The van der Waals surface area contributed by atoms with Crippen LogP contribution in [0.5, 0.6) is 11.5 Å². The third kappa shape index (κ3) is 2.22. The molecule has 21 heavy (non-hydrogen) atoms. The first-order valence-electron chi connectivity index (χ1n) is 8.02. The second kappa shape index (κ2) is 4.64. The second-order valence-corrected chi connectivity index (χ2v) is 7.98. The van der Waals surface area contributed by atoms with Gasteiger partial charge in [0.2, 0.25) is 0 Å². The lowest BCUT2D eigenvalue weighted by Gasteiger charge is -2.44. The molecule has 4 unspecified atom stereocenters. The Balaban J connectivity index is 1.83. The van der Waals surface area contributed by atoms with Crippen LogP contribution in [0.2, 0.25) is 0 Å². The van der Waals surface area contributed by atoms with Crippen molar-refractivity contribution in [2.75, 3.05) is 0 Å². The van der Waals surface area contributed by atoms with Crippen LogP contribution in [0, 0.1) is 16.7 Å². The van der Waals surface area contributed by atoms with Gasteiger partial charge >= 0.3 is 0 Å². The van der Waals surface area contributed by atoms with Crippen LogP contribution in [0.4, 0.5) is 0 Å². The molecule has 0 amide bonds. The van der Waals surface area contributed by atoms with E-state index in [9.17, 15) is 10.2 Å². The molecule has 1 aromatic carbocycles. The third-order valence-corrected chi connectivity index (χ3v) is 6.17. The van der Waals surface area contributed by atoms with E-state index in [2.05, 4.69) is 33.0 Å². The van der Waals surface area contributed by atoms with Gasteiger partial charge in [-0.15, -0.1) is 0 Å². The van der Waals surface area contributed by atoms with Crippen molar-refractivity contribution in [1.82, 2.24) is 5.32 Å². The Bertz CT molecular complexity index is 549. The highest BCUT2D eigenvalue weighted by atomic mass is 16.3. The Morgan fingerprint density at radius 2 is 1.95 bits per heavy atom. The molecule has 0 radical (unpaired) electrons. The summed E-state index contributed by atoms with van der Waals surface area (Å²) in [5.41, 5.74) is 1.53. The van der Waals surface area contributed by atoms with Crippen LogP contribution >= 0.6 is 0 Å². The van der Waals surface area contributed by atoms with Crippen molar-refractivity contribution < 1.29 is 10.2 Å². The topological polar surface area (TPSA) is 52.5 Å². The SMILES string of the molecule is CC(NC1C2(C)CCC(C2)C1(C)C)c1ccc(O)cc1O. The summed E-state index contributed by atoms with van der Waals surface area (Å²) in [6.45, 7) is 9.26. The van der Waals surface area contributed by atoms with Crippen molar-refractivity contribution in [1.29, 1.82) is 0 Å². The van der Waals surface area contributed by atoms with Gasteiger partial charge in [0.05, 0.1) is 0 Å². The maximum Gasteiger partial charge on any atom is 0.124 e. The highest BCUT2D eigenvalue weighted by Crippen LogP contribution is 2.62. The zero-order valence-electron chi connectivity index (χ0n) is 13.5. The molecule has 0 saturated heterocycles. The molecule has 2 bridgehead atoms. The molecular weight excluding hydrogens is 262 g/mol. The Morgan fingerprint density at radius 1 is 1.24 bits per heavy atom. The van der Waals surface area contributed by atoms with E-state index in [4.69, 9.17) is 0 Å². The maximum absolute atomic E-state index is 10.1. The number of nitrogens with one attached hydrogen (secondary N) is 1. The number of fused-ring (bicyclic) bond motifs is 2. The first-order valence-corrected chi connectivity index (χ1v) is 8.02. The van der Waals surface area contributed by atoms with E-state index in [0.29, 0.717) is 16.9 Å². The Labute approximate surface area is 127 Å². The average molecular weight is 289 g/mol. The average Bonchev–Trinajstić information content (AvgIpc) is 2.85. The van der Waals surface area contributed by atoms with E-state index in [-0.39, 0.29) is 17.5 Å². The van der Waals surface area contributed by atoms with Crippen LogP contribution in [-0.4, -0.2) is 16.3 Å². The fourth-order valence-electron chi connectivity index (χ4n) is 4.96. The van der Waals surface area contributed by atoms with E-state index in [0.717, 1.165) is 11.5 Å². The molecule has 2 aliphatic carbocycles.